The standard InChI is InChI=1S/C11H18N4O3S/c1-11(4-2-6-18-11)8-14-19(16,17)9-3-5-13-10(7-9)15-12/h3,5,7,14H,2,4,6,8,12H2,1H3,(H,13,15). The van der Waals surface area contributed by atoms with Gasteiger partial charge in [0, 0.05) is 25.4 Å². The van der Waals surface area contributed by atoms with E-state index in [2.05, 4.69) is 15.1 Å². The van der Waals surface area contributed by atoms with Gasteiger partial charge in [-0.25, -0.2) is 24.0 Å². The Bertz CT molecular complexity index is 541. The van der Waals surface area contributed by atoms with Crippen LogP contribution in [0.4, 0.5) is 5.82 Å². The quantitative estimate of drug-likeness (QED) is 0.528. The molecule has 7 nitrogen and oxygen atoms in total. The summed E-state index contributed by atoms with van der Waals surface area (Å²) < 4.78 is 32.4. The van der Waals surface area contributed by atoms with E-state index in [1.165, 1.54) is 18.3 Å². The zero-order chi connectivity index (χ0) is 13.9. The van der Waals surface area contributed by atoms with Gasteiger partial charge in [0.15, 0.2) is 0 Å². The molecule has 2 heterocycles. The van der Waals surface area contributed by atoms with E-state index in [-0.39, 0.29) is 11.4 Å². The molecule has 0 amide bonds. The first-order valence-electron chi connectivity index (χ1n) is 6.01. The summed E-state index contributed by atoms with van der Waals surface area (Å²) in [5.41, 5.74) is 1.89. The fraction of sp³-hybridized carbons (Fsp3) is 0.545. The first-order valence-corrected chi connectivity index (χ1v) is 7.50. The molecule has 0 aromatic carbocycles. The first-order chi connectivity index (χ1) is 8.95. The Morgan fingerprint density at radius 1 is 1.58 bits per heavy atom. The normalized spacial score (nSPS) is 23.5. The second kappa shape index (κ2) is 5.41. The molecule has 1 fully saturated rings. The predicted octanol–water partition coefficient (Wildman–Crippen LogP) is 0.215. The molecule has 1 aromatic rings. The van der Waals surface area contributed by atoms with E-state index in [0.29, 0.717) is 12.4 Å². The fourth-order valence-corrected chi connectivity index (χ4v) is 3.13. The number of anilines is 1. The van der Waals surface area contributed by atoms with Crippen LogP contribution < -0.4 is 16.0 Å². The summed E-state index contributed by atoms with van der Waals surface area (Å²) >= 11 is 0. The van der Waals surface area contributed by atoms with Crippen LogP contribution in [-0.2, 0) is 14.8 Å². The molecule has 106 valence electrons. The second-order valence-electron chi connectivity index (χ2n) is 4.75. The lowest BCUT2D eigenvalue weighted by atomic mass is 10.0. The van der Waals surface area contributed by atoms with Crippen LogP contribution in [0, 0.1) is 0 Å². The number of nitrogens with two attached hydrogens (primary N) is 1. The molecule has 4 N–H and O–H groups in total. The summed E-state index contributed by atoms with van der Waals surface area (Å²) in [5, 5.41) is 0. The predicted molar refractivity (Wildman–Crippen MR) is 70.8 cm³/mol. The number of hydrogen-bond acceptors (Lipinski definition) is 6. The molecule has 0 radical (unpaired) electrons. The molecule has 19 heavy (non-hydrogen) atoms. The molecule has 1 aliphatic rings. The minimum atomic E-state index is -3.58. The maximum atomic E-state index is 12.1. The number of nitrogens with one attached hydrogen (secondary N) is 2. The minimum absolute atomic E-state index is 0.122. The van der Waals surface area contributed by atoms with Gasteiger partial charge in [-0.1, -0.05) is 0 Å². The topological polar surface area (TPSA) is 106 Å². The number of ether oxygens (including phenoxy) is 1. The van der Waals surface area contributed by atoms with Crippen molar-refractivity contribution in [3.63, 3.8) is 0 Å². The number of pyridine rings is 1. The fourth-order valence-electron chi connectivity index (χ4n) is 1.96. The molecule has 1 unspecified atom stereocenters. The number of nitrogens with zero attached hydrogens (tertiary/aromatic N) is 1. The molecule has 2 rings (SSSR count). The van der Waals surface area contributed by atoms with Gasteiger partial charge >= 0.3 is 0 Å². The maximum absolute atomic E-state index is 12.1. The third-order valence-electron chi connectivity index (χ3n) is 3.13. The van der Waals surface area contributed by atoms with Crippen LogP contribution >= 0.6 is 0 Å². The second-order valence-corrected chi connectivity index (χ2v) is 6.51. The monoisotopic (exact) mass is 286 g/mol. The molecule has 0 spiro atoms. The number of aromatic nitrogens is 1. The number of nitrogen functional groups attached to an aromatic ring is 1. The van der Waals surface area contributed by atoms with Crippen molar-refractivity contribution in [2.75, 3.05) is 18.6 Å². The molecular weight excluding hydrogens is 268 g/mol. The molecule has 8 heteroatoms. The van der Waals surface area contributed by atoms with Gasteiger partial charge in [0.25, 0.3) is 0 Å². The van der Waals surface area contributed by atoms with Gasteiger partial charge in [-0.05, 0) is 25.8 Å². The number of rotatable bonds is 5. The van der Waals surface area contributed by atoms with Crippen LogP contribution in [0.15, 0.2) is 23.2 Å². The van der Waals surface area contributed by atoms with Gasteiger partial charge in [-0.3, -0.25) is 0 Å². The highest BCUT2D eigenvalue weighted by molar-refractivity contribution is 7.89. The average molecular weight is 286 g/mol. The zero-order valence-electron chi connectivity index (χ0n) is 10.7. The van der Waals surface area contributed by atoms with Crippen LogP contribution in [0.25, 0.3) is 0 Å². The SMILES string of the molecule is CC1(CNS(=O)(=O)c2ccnc(NN)c2)CCCO1. The van der Waals surface area contributed by atoms with E-state index < -0.39 is 15.6 Å². The van der Waals surface area contributed by atoms with Crippen molar-refractivity contribution in [2.24, 2.45) is 5.84 Å². The summed E-state index contributed by atoms with van der Waals surface area (Å²) in [6, 6.07) is 2.79. The Morgan fingerprint density at radius 2 is 2.37 bits per heavy atom. The van der Waals surface area contributed by atoms with E-state index in [0.717, 1.165) is 12.8 Å². The van der Waals surface area contributed by atoms with Crippen molar-refractivity contribution in [1.29, 1.82) is 0 Å². The first kappa shape index (κ1) is 14.2. The van der Waals surface area contributed by atoms with Crippen molar-refractivity contribution in [2.45, 2.75) is 30.3 Å². The van der Waals surface area contributed by atoms with Crippen LogP contribution in [0.1, 0.15) is 19.8 Å². The summed E-state index contributed by atoms with van der Waals surface area (Å²) in [4.78, 5) is 3.99. The highest BCUT2D eigenvalue weighted by atomic mass is 32.2. The molecule has 0 aliphatic carbocycles. The van der Waals surface area contributed by atoms with E-state index in [9.17, 15) is 8.42 Å². The summed E-state index contributed by atoms with van der Waals surface area (Å²) in [7, 11) is -3.58. The van der Waals surface area contributed by atoms with Gasteiger partial charge in [0.05, 0.1) is 10.5 Å². The smallest absolute Gasteiger partial charge is 0.240 e. The van der Waals surface area contributed by atoms with Crippen LogP contribution in [0.3, 0.4) is 0 Å². The molecule has 1 aromatic heterocycles. The highest BCUT2D eigenvalue weighted by Crippen LogP contribution is 2.24. The van der Waals surface area contributed by atoms with Crippen LogP contribution in [0.2, 0.25) is 0 Å². The van der Waals surface area contributed by atoms with Crippen molar-refractivity contribution in [3.05, 3.63) is 18.3 Å². The molecule has 1 atom stereocenters. The number of sulfonamides is 1. The Labute approximate surface area is 112 Å². The average Bonchev–Trinajstić information content (AvgIpc) is 2.84. The molecule has 0 saturated carbocycles. The summed E-state index contributed by atoms with van der Waals surface area (Å²) in [6.07, 6.45) is 3.19. The Morgan fingerprint density at radius 3 is 3.00 bits per heavy atom. The van der Waals surface area contributed by atoms with Gasteiger partial charge in [-0.15, -0.1) is 0 Å². The van der Waals surface area contributed by atoms with E-state index >= 15 is 0 Å². The van der Waals surface area contributed by atoms with Gasteiger partial charge in [0.2, 0.25) is 10.0 Å². The molecule has 1 saturated heterocycles. The van der Waals surface area contributed by atoms with Gasteiger partial charge < -0.3 is 10.2 Å². The van der Waals surface area contributed by atoms with Crippen molar-refractivity contribution < 1.29 is 13.2 Å². The number of hydrogen-bond donors (Lipinski definition) is 3. The summed E-state index contributed by atoms with van der Waals surface area (Å²) in [6.45, 7) is 2.83. The number of hydrazine groups is 1. The van der Waals surface area contributed by atoms with E-state index in [1.807, 2.05) is 6.92 Å². The van der Waals surface area contributed by atoms with Crippen molar-refractivity contribution in [3.8, 4) is 0 Å². The van der Waals surface area contributed by atoms with Crippen LogP contribution in [-0.4, -0.2) is 32.2 Å². The Hall–Kier alpha value is -1.22. The lowest BCUT2D eigenvalue weighted by Gasteiger charge is -2.23. The lowest BCUT2D eigenvalue weighted by molar-refractivity contribution is 0.0250. The third kappa shape index (κ3) is 3.41. The van der Waals surface area contributed by atoms with E-state index in [4.69, 9.17) is 10.6 Å². The third-order valence-corrected chi connectivity index (χ3v) is 4.53. The lowest BCUT2D eigenvalue weighted by Crippen LogP contribution is -2.40. The summed E-state index contributed by atoms with van der Waals surface area (Å²) in [5.74, 6) is 5.51. The Balaban J connectivity index is 2.09. The van der Waals surface area contributed by atoms with Gasteiger partial charge in [0.1, 0.15) is 5.82 Å². The Kier molecular flexibility index (Phi) is 4.04. The van der Waals surface area contributed by atoms with Crippen molar-refractivity contribution >= 4 is 15.8 Å². The van der Waals surface area contributed by atoms with Crippen LogP contribution in [0.5, 0.6) is 0 Å². The van der Waals surface area contributed by atoms with E-state index in [1.54, 1.807) is 0 Å². The van der Waals surface area contributed by atoms with Gasteiger partial charge in [-0.2, -0.15) is 0 Å². The maximum Gasteiger partial charge on any atom is 0.240 e. The molecule has 0 bridgehead atoms. The molecule has 1 aliphatic heterocycles. The zero-order valence-corrected chi connectivity index (χ0v) is 11.5. The molecular formula is C11H18N4O3S. The largest absolute Gasteiger partial charge is 0.374 e. The highest BCUT2D eigenvalue weighted by Gasteiger charge is 2.31. The minimum Gasteiger partial charge on any atom is -0.374 e. The van der Waals surface area contributed by atoms with Crippen molar-refractivity contribution in [1.82, 2.24) is 9.71 Å².